The van der Waals surface area contributed by atoms with E-state index in [4.69, 9.17) is 4.99 Å². The van der Waals surface area contributed by atoms with Crippen LogP contribution in [0.4, 0.5) is 0 Å². The van der Waals surface area contributed by atoms with E-state index in [1.165, 1.54) is 44.9 Å². The summed E-state index contributed by atoms with van der Waals surface area (Å²) in [5.74, 6) is 2.96. The number of aliphatic imine (C=N–C) groups is 1. The van der Waals surface area contributed by atoms with Crippen LogP contribution >= 0.6 is 35.7 Å². The van der Waals surface area contributed by atoms with E-state index < -0.39 is 0 Å². The topological polar surface area (TPSA) is 34.1 Å². The van der Waals surface area contributed by atoms with Gasteiger partial charge in [-0.1, -0.05) is 13.8 Å². The second-order valence-corrected chi connectivity index (χ2v) is 8.66. The van der Waals surface area contributed by atoms with Crippen molar-refractivity contribution in [2.45, 2.75) is 32.4 Å². The Kier molecular flexibility index (Phi) is 11.8. The highest BCUT2D eigenvalue weighted by atomic mass is 127. The van der Waals surface area contributed by atoms with Crippen molar-refractivity contribution in [1.82, 2.24) is 20.0 Å². The molecule has 0 bridgehead atoms. The van der Waals surface area contributed by atoms with Gasteiger partial charge in [-0.3, -0.25) is 4.99 Å². The smallest absolute Gasteiger partial charge is 0.193 e. The SMILES string of the molecule is CCNC(=NCC(C)CN1CCN(C)CC1)N1CCSC(CC)C1.I. The normalized spacial score (nSPS) is 24.7. The molecule has 2 aliphatic heterocycles. The zero-order valence-electron chi connectivity index (χ0n) is 16.5. The van der Waals surface area contributed by atoms with Gasteiger partial charge in [0.25, 0.3) is 0 Å². The molecular formula is C18H38IN5S. The molecule has 0 aromatic rings. The fourth-order valence-corrected chi connectivity index (χ4v) is 4.54. The molecule has 2 rings (SSSR count). The lowest BCUT2D eigenvalue weighted by Crippen LogP contribution is -2.48. The highest BCUT2D eigenvalue weighted by Gasteiger charge is 2.22. The molecule has 7 heteroatoms. The van der Waals surface area contributed by atoms with E-state index in [0.717, 1.165) is 37.4 Å². The minimum atomic E-state index is 0. The first-order valence-electron chi connectivity index (χ1n) is 9.68. The lowest BCUT2D eigenvalue weighted by molar-refractivity contribution is 0.140. The predicted molar refractivity (Wildman–Crippen MR) is 123 cm³/mol. The van der Waals surface area contributed by atoms with Crippen LogP contribution in [-0.2, 0) is 0 Å². The van der Waals surface area contributed by atoms with Gasteiger partial charge in [0.1, 0.15) is 0 Å². The highest BCUT2D eigenvalue weighted by Crippen LogP contribution is 2.21. The van der Waals surface area contributed by atoms with Crippen molar-refractivity contribution in [3.63, 3.8) is 0 Å². The summed E-state index contributed by atoms with van der Waals surface area (Å²) in [5.41, 5.74) is 0. The summed E-state index contributed by atoms with van der Waals surface area (Å²) in [5, 5.41) is 4.26. The average molecular weight is 484 g/mol. The Morgan fingerprint density at radius 2 is 1.92 bits per heavy atom. The van der Waals surface area contributed by atoms with Gasteiger partial charge >= 0.3 is 0 Å². The second-order valence-electron chi connectivity index (χ2n) is 7.25. The minimum absolute atomic E-state index is 0. The highest BCUT2D eigenvalue weighted by molar-refractivity contribution is 14.0. The van der Waals surface area contributed by atoms with Crippen LogP contribution in [0.25, 0.3) is 0 Å². The Morgan fingerprint density at radius 1 is 1.20 bits per heavy atom. The number of likely N-dealkylation sites (N-methyl/N-ethyl adjacent to an activating group) is 1. The van der Waals surface area contributed by atoms with Gasteiger partial charge in [-0.2, -0.15) is 11.8 Å². The molecule has 0 amide bonds. The lowest BCUT2D eigenvalue weighted by atomic mass is 10.1. The Hall–Kier alpha value is 0.270. The van der Waals surface area contributed by atoms with Crippen LogP contribution in [0.3, 0.4) is 0 Å². The summed E-state index contributed by atoms with van der Waals surface area (Å²) in [7, 11) is 2.22. The summed E-state index contributed by atoms with van der Waals surface area (Å²) in [6.07, 6.45) is 1.25. The van der Waals surface area contributed by atoms with E-state index in [1.54, 1.807) is 0 Å². The largest absolute Gasteiger partial charge is 0.357 e. The van der Waals surface area contributed by atoms with Crippen LogP contribution in [0.2, 0.25) is 0 Å². The standard InChI is InChI=1S/C18H37N5S.HI/c1-5-17-15-23(11-12-24-17)18(19-6-2)20-13-16(3)14-22-9-7-21(4)8-10-22;/h16-17H,5-15H2,1-4H3,(H,19,20);1H. The van der Waals surface area contributed by atoms with Crippen LogP contribution in [0, 0.1) is 5.92 Å². The number of hydrogen-bond donors (Lipinski definition) is 1. The predicted octanol–water partition coefficient (Wildman–Crippen LogP) is 2.28. The van der Waals surface area contributed by atoms with Crippen molar-refractivity contribution in [1.29, 1.82) is 0 Å². The Balaban J connectivity index is 0.00000312. The van der Waals surface area contributed by atoms with E-state index in [-0.39, 0.29) is 24.0 Å². The Labute approximate surface area is 176 Å². The molecule has 5 nitrogen and oxygen atoms in total. The first-order chi connectivity index (χ1) is 11.6. The quantitative estimate of drug-likeness (QED) is 0.356. The number of thioether (sulfide) groups is 1. The Morgan fingerprint density at radius 3 is 2.56 bits per heavy atom. The maximum atomic E-state index is 4.97. The number of guanidine groups is 1. The van der Waals surface area contributed by atoms with Crippen molar-refractivity contribution in [3.05, 3.63) is 0 Å². The van der Waals surface area contributed by atoms with Crippen LogP contribution in [-0.4, -0.2) is 97.6 Å². The van der Waals surface area contributed by atoms with Gasteiger partial charge in [-0.05, 0) is 26.3 Å². The molecule has 0 aliphatic carbocycles. The van der Waals surface area contributed by atoms with Crippen molar-refractivity contribution in [2.24, 2.45) is 10.9 Å². The second kappa shape index (κ2) is 12.6. The molecule has 0 aromatic heterocycles. The third kappa shape index (κ3) is 8.22. The number of piperazine rings is 1. The molecule has 2 saturated heterocycles. The maximum absolute atomic E-state index is 4.97. The molecule has 0 aromatic carbocycles. The fourth-order valence-electron chi connectivity index (χ4n) is 3.36. The van der Waals surface area contributed by atoms with E-state index in [0.29, 0.717) is 5.92 Å². The molecular weight excluding hydrogens is 445 g/mol. The first-order valence-corrected chi connectivity index (χ1v) is 10.7. The monoisotopic (exact) mass is 483 g/mol. The maximum Gasteiger partial charge on any atom is 0.193 e. The minimum Gasteiger partial charge on any atom is -0.357 e. The zero-order chi connectivity index (χ0) is 17.4. The van der Waals surface area contributed by atoms with Crippen LogP contribution < -0.4 is 5.32 Å². The molecule has 0 radical (unpaired) electrons. The third-order valence-corrected chi connectivity index (χ3v) is 6.32. The van der Waals surface area contributed by atoms with Gasteiger partial charge in [0.2, 0.25) is 0 Å². The summed E-state index contributed by atoms with van der Waals surface area (Å²) >= 11 is 2.12. The summed E-state index contributed by atoms with van der Waals surface area (Å²) in [6.45, 7) is 16.9. The van der Waals surface area contributed by atoms with Gasteiger partial charge in [0.15, 0.2) is 5.96 Å². The van der Waals surface area contributed by atoms with Crippen molar-refractivity contribution >= 4 is 41.7 Å². The van der Waals surface area contributed by atoms with Gasteiger partial charge in [-0.15, -0.1) is 24.0 Å². The molecule has 2 heterocycles. The molecule has 2 unspecified atom stereocenters. The van der Waals surface area contributed by atoms with Gasteiger partial charge < -0.3 is 20.0 Å². The van der Waals surface area contributed by atoms with Gasteiger partial charge in [0, 0.05) is 69.9 Å². The molecule has 2 fully saturated rings. The average Bonchev–Trinajstić information content (AvgIpc) is 2.60. The first kappa shape index (κ1) is 23.3. The van der Waals surface area contributed by atoms with Crippen molar-refractivity contribution < 1.29 is 0 Å². The third-order valence-electron chi connectivity index (χ3n) is 4.95. The van der Waals surface area contributed by atoms with Crippen molar-refractivity contribution in [2.75, 3.05) is 71.7 Å². The lowest BCUT2D eigenvalue weighted by Gasteiger charge is -2.35. The number of nitrogens with one attached hydrogen (secondary N) is 1. The molecule has 148 valence electrons. The van der Waals surface area contributed by atoms with E-state index in [9.17, 15) is 0 Å². The van der Waals surface area contributed by atoms with Crippen LogP contribution in [0.1, 0.15) is 27.2 Å². The molecule has 0 spiro atoms. The summed E-state index contributed by atoms with van der Waals surface area (Å²) in [4.78, 5) is 12.5. The van der Waals surface area contributed by atoms with E-state index in [2.05, 4.69) is 59.6 Å². The molecule has 1 N–H and O–H groups in total. The number of nitrogens with zero attached hydrogens (tertiary/aromatic N) is 4. The number of hydrogen-bond acceptors (Lipinski definition) is 4. The van der Waals surface area contributed by atoms with E-state index in [1.807, 2.05) is 0 Å². The molecule has 0 saturated carbocycles. The van der Waals surface area contributed by atoms with Crippen molar-refractivity contribution in [3.8, 4) is 0 Å². The van der Waals surface area contributed by atoms with E-state index >= 15 is 0 Å². The van der Waals surface area contributed by atoms with Crippen LogP contribution in [0.15, 0.2) is 4.99 Å². The summed E-state index contributed by atoms with van der Waals surface area (Å²) in [6, 6.07) is 0. The molecule has 25 heavy (non-hydrogen) atoms. The molecule has 2 atom stereocenters. The number of rotatable bonds is 6. The Bertz CT molecular complexity index is 388. The molecule has 2 aliphatic rings. The zero-order valence-corrected chi connectivity index (χ0v) is 19.7. The van der Waals surface area contributed by atoms with Crippen LogP contribution in [0.5, 0.6) is 0 Å². The fraction of sp³-hybridized carbons (Fsp3) is 0.944. The number of halogens is 1. The summed E-state index contributed by atoms with van der Waals surface area (Å²) < 4.78 is 0. The van der Waals surface area contributed by atoms with Gasteiger partial charge in [0.05, 0.1) is 0 Å². The van der Waals surface area contributed by atoms with Gasteiger partial charge in [-0.25, -0.2) is 0 Å².